The van der Waals surface area contributed by atoms with Crippen molar-refractivity contribution in [3.63, 3.8) is 0 Å². The Kier molecular flexibility index (Phi) is 3.14. The summed E-state index contributed by atoms with van der Waals surface area (Å²) in [6, 6.07) is 0.0706. The highest BCUT2D eigenvalue weighted by Gasteiger charge is 2.47. The van der Waals surface area contributed by atoms with Crippen LogP contribution in [0.4, 0.5) is 0 Å². The van der Waals surface area contributed by atoms with Crippen LogP contribution in [0, 0.1) is 17.8 Å². The van der Waals surface area contributed by atoms with Crippen LogP contribution in [0.3, 0.4) is 0 Å². The standard InChI is InChI=1S/C14H22N2O2/c1-9(12-3-2-6-15-8-12)16-13(17)10-4-5-11(7-10)14(16)18/h9-12,15H,2-8H2,1H3. The summed E-state index contributed by atoms with van der Waals surface area (Å²) in [6.45, 7) is 4.06. The zero-order valence-corrected chi connectivity index (χ0v) is 11.0. The summed E-state index contributed by atoms with van der Waals surface area (Å²) < 4.78 is 0. The predicted molar refractivity (Wildman–Crippen MR) is 67.7 cm³/mol. The molecule has 4 atom stereocenters. The average Bonchev–Trinajstić information content (AvgIpc) is 2.85. The molecule has 2 aliphatic heterocycles. The van der Waals surface area contributed by atoms with Crippen LogP contribution in [0.1, 0.15) is 39.0 Å². The minimum atomic E-state index is 0.0706. The van der Waals surface area contributed by atoms with Gasteiger partial charge in [-0.2, -0.15) is 0 Å². The van der Waals surface area contributed by atoms with E-state index in [2.05, 4.69) is 12.2 Å². The Labute approximate surface area is 108 Å². The van der Waals surface area contributed by atoms with E-state index in [1.807, 2.05) is 0 Å². The molecule has 2 heterocycles. The number of rotatable bonds is 2. The van der Waals surface area contributed by atoms with Crippen molar-refractivity contribution in [3.8, 4) is 0 Å². The monoisotopic (exact) mass is 250 g/mol. The lowest BCUT2D eigenvalue weighted by Gasteiger charge is -2.39. The smallest absolute Gasteiger partial charge is 0.232 e. The van der Waals surface area contributed by atoms with Crippen LogP contribution < -0.4 is 5.32 Å². The topological polar surface area (TPSA) is 49.4 Å². The molecule has 4 unspecified atom stereocenters. The Hall–Kier alpha value is -0.900. The molecule has 4 nitrogen and oxygen atoms in total. The number of likely N-dealkylation sites (tertiary alicyclic amines) is 1. The molecule has 0 aromatic heterocycles. The second kappa shape index (κ2) is 4.65. The van der Waals surface area contributed by atoms with E-state index in [-0.39, 0.29) is 29.7 Å². The molecule has 3 rings (SSSR count). The van der Waals surface area contributed by atoms with Crippen molar-refractivity contribution in [1.82, 2.24) is 10.2 Å². The van der Waals surface area contributed by atoms with Crippen LogP contribution in [0.2, 0.25) is 0 Å². The van der Waals surface area contributed by atoms with Crippen molar-refractivity contribution in [3.05, 3.63) is 0 Å². The van der Waals surface area contributed by atoms with Gasteiger partial charge in [0.05, 0.1) is 0 Å². The number of hydrogen-bond acceptors (Lipinski definition) is 3. The van der Waals surface area contributed by atoms with Gasteiger partial charge >= 0.3 is 0 Å². The fraction of sp³-hybridized carbons (Fsp3) is 0.857. The lowest BCUT2D eigenvalue weighted by molar-refractivity contribution is -0.156. The van der Waals surface area contributed by atoms with Crippen LogP contribution >= 0.6 is 0 Å². The van der Waals surface area contributed by atoms with Gasteiger partial charge in [-0.15, -0.1) is 0 Å². The summed E-state index contributed by atoms with van der Waals surface area (Å²) in [6.07, 6.45) is 4.92. The first-order valence-electron chi connectivity index (χ1n) is 7.26. The van der Waals surface area contributed by atoms with E-state index in [1.165, 1.54) is 0 Å². The van der Waals surface area contributed by atoms with E-state index < -0.39 is 0 Å². The van der Waals surface area contributed by atoms with E-state index in [9.17, 15) is 9.59 Å². The predicted octanol–water partition coefficient (Wildman–Crippen LogP) is 1.16. The molecule has 18 heavy (non-hydrogen) atoms. The largest absolute Gasteiger partial charge is 0.316 e. The Balaban J connectivity index is 1.77. The number of nitrogens with zero attached hydrogens (tertiary/aromatic N) is 1. The minimum absolute atomic E-state index is 0.0706. The molecule has 0 radical (unpaired) electrons. The quantitative estimate of drug-likeness (QED) is 0.748. The number of hydrogen-bond donors (Lipinski definition) is 1. The summed E-state index contributed by atoms with van der Waals surface area (Å²) in [5, 5.41) is 3.37. The van der Waals surface area contributed by atoms with Crippen LogP contribution in [-0.4, -0.2) is 35.8 Å². The number of carbonyl (C=O) groups excluding carboxylic acids is 2. The molecule has 3 fully saturated rings. The van der Waals surface area contributed by atoms with Gasteiger partial charge in [-0.3, -0.25) is 14.5 Å². The third-order valence-corrected chi connectivity index (χ3v) is 5.03. The lowest BCUT2D eigenvalue weighted by Crippen LogP contribution is -2.54. The van der Waals surface area contributed by atoms with Gasteiger partial charge in [-0.05, 0) is 58.0 Å². The van der Waals surface area contributed by atoms with Gasteiger partial charge < -0.3 is 5.32 Å². The molecule has 0 spiro atoms. The van der Waals surface area contributed by atoms with E-state index in [4.69, 9.17) is 0 Å². The second-order valence-corrected chi connectivity index (χ2v) is 6.10. The van der Waals surface area contributed by atoms with Crippen LogP contribution in [-0.2, 0) is 9.59 Å². The SMILES string of the molecule is CC(C1CCCNC1)N1C(=O)C2CCC(C2)C1=O. The first kappa shape index (κ1) is 12.2. The van der Waals surface area contributed by atoms with Crippen molar-refractivity contribution in [2.75, 3.05) is 13.1 Å². The zero-order chi connectivity index (χ0) is 12.7. The van der Waals surface area contributed by atoms with E-state index in [0.717, 1.165) is 45.2 Å². The Morgan fingerprint density at radius 1 is 1.17 bits per heavy atom. The molecule has 1 N–H and O–H groups in total. The van der Waals surface area contributed by atoms with Gasteiger partial charge in [0.2, 0.25) is 11.8 Å². The molecule has 3 aliphatic rings. The van der Waals surface area contributed by atoms with E-state index in [0.29, 0.717) is 5.92 Å². The maximum Gasteiger partial charge on any atom is 0.232 e. The molecule has 2 saturated heterocycles. The molecule has 4 heteroatoms. The van der Waals surface area contributed by atoms with Gasteiger partial charge in [0.15, 0.2) is 0 Å². The molecular weight excluding hydrogens is 228 g/mol. The van der Waals surface area contributed by atoms with Crippen molar-refractivity contribution in [1.29, 1.82) is 0 Å². The molecule has 2 bridgehead atoms. The third kappa shape index (κ3) is 1.87. The molecule has 1 aliphatic carbocycles. The summed E-state index contributed by atoms with van der Waals surface area (Å²) in [7, 11) is 0. The first-order chi connectivity index (χ1) is 8.68. The maximum absolute atomic E-state index is 12.4. The van der Waals surface area contributed by atoms with Gasteiger partial charge in [-0.1, -0.05) is 0 Å². The number of imide groups is 1. The van der Waals surface area contributed by atoms with Gasteiger partial charge in [0, 0.05) is 17.9 Å². The number of piperidine rings is 2. The fourth-order valence-corrected chi connectivity index (χ4v) is 3.83. The summed E-state index contributed by atoms with van der Waals surface area (Å²) in [5.74, 6) is 0.904. The number of carbonyl (C=O) groups is 2. The van der Waals surface area contributed by atoms with Gasteiger partial charge in [-0.25, -0.2) is 0 Å². The van der Waals surface area contributed by atoms with Crippen molar-refractivity contribution in [2.24, 2.45) is 17.8 Å². The summed E-state index contributed by atoms with van der Waals surface area (Å²) in [5.41, 5.74) is 0. The van der Waals surface area contributed by atoms with Gasteiger partial charge in [0.1, 0.15) is 0 Å². The highest BCUT2D eigenvalue weighted by Crippen LogP contribution is 2.39. The van der Waals surface area contributed by atoms with E-state index >= 15 is 0 Å². The maximum atomic E-state index is 12.4. The molecule has 2 amide bonds. The lowest BCUT2D eigenvalue weighted by atomic mass is 9.88. The Morgan fingerprint density at radius 3 is 2.39 bits per heavy atom. The molecule has 100 valence electrons. The fourth-order valence-electron chi connectivity index (χ4n) is 3.83. The summed E-state index contributed by atoms with van der Waals surface area (Å²) >= 11 is 0. The highest BCUT2D eigenvalue weighted by atomic mass is 16.2. The Bertz CT molecular complexity index is 341. The average molecular weight is 250 g/mol. The Morgan fingerprint density at radius 2 is 1.83 bits per heavy atom. The van der Waals surface area contributed by atoms with Crippen LogP contribution in [0.15, 0.2) is 0 Å². The molecule has 0 aromatic carbocycles. The van der Waals surface area contributed by atoms with Crippen molar-refractivity contribution >= 4 is 11.8 Å². The van der Waals surface area contributed by atoms with Crippen LogP contribution in [0.25, 0.3) is 0 Å². The number of fused-ring (bicyclic) bond motifs is 2. The van der Waals surface area contributed by atoms with E-state index in [1.54, 1.807) is 4.90 Å². The zero-order valence-electron chi connectivity index (χ0n) is 11.0. The van der Waals surface area contributed by atoms with Crippen LogP contribution in [0.5, 0.6) is 0 Å². The molecular formula is C14H22N2O2. The minimum Gasteiger partial charge on any atom is -0.316 e. The number of amides is 2. The normalized spacial score (nSPS) is 38.1. The summed E-state index contributed by atoms with van der Waals surface area (Å²) in [4.78, 5) is 26.3. The van der Waals surface area contributed by atoms with Crippen molar-refractivity contribution in [2.45, 2.75) is 45.1 Å². The third-order valence-electron chi connectivity index (χ3n) is 5.03. The number of nitrogens with one attached hydrogen (secondary N) is 1. The second-order valence-electron chi connectivity index (χ2n) is 6.10. The molecule has 1 saturated carbocycles. The highest BCUT2D eigenvalue weighted by molar-refractivity contribution is 6.01. The molecule has 0 aromatic rings. The van der Waals surface area contributed by atoms with Gasteiger partial charge in [0.25, 0.3) is 0 Å². The first-order valence-corrected chi connectivity index (χ1v) is 7.26. The van der Waals surface area contributed by atoms with Crippen molar-refractivity contribution < 1.29 is 9.59 Å².